The maximum atomic E-state index is 9.10. The molecule has 1 saturated heterocycles. The molecule has 0 bridgehead atoms. The van der Waals surface area contributed by atoms with Crippen LogP contribution in [0.1, 0.15) is 13.8 Å². The topological polar surface area (TPSA) is 29.5 Å². The van der Waals surface area contributed by atoms with E-state index in [1.807, 2.05) is 0 Å². The van der Waals surface area contributed by atoms with Gasteiger partial charge in [-0.05, 0) is 12.2 Å². The molecule has 0 aromatic heterocycles. The molecule has 1 aliphatic heterocycles. The van der Waals surface area contributed by atoms with Gasteiger partial charge in [-0.25, -0.2) is 0 Å². The number of aliphatic hydroxyl groups excluding tert-OH is 1. The van der Waals surface area contributed by atoms with Crippen LogP contribution in [0, 0.1) is 5.92 Å². The Morgan fingerprint density at radius 3 is 2.90 bits per heavy atom. The summed E-state index contributed by atoms with van der Waals surface area (Å²) < 4.78 is 5.14. The van der Waals surface area contributed by atoms with E-state index >= 15 is 0 Å². The number of rotatable bonds is 0. The van der Waals surface area contributed by atoms with E-state index in [1.165, 1.54) is 0 Å². The maximum absolute atomic E-state index is 9.10. The van der Waals surface area contributed by atoms with E-state index in [-0.39, 0.29) is 0 Å². The van der Waals surface area contributed by atoms with Crippen LogP contribution in [0.3, 0.4) is 0 Å². The molecule has 1 aliphatic rings. The summed E-state index contributed by atoms with van der Waals surface area (Å²) in [5.41, 5.74) is 0. The SMILES string of the molecule is CC1BCC(O)OCC1C. The molecule has 0 aromatic carbocycles. The number of ether oxygens (including phenoxy) is 1. The van der Waals surface area contributed by atoms with Crippen LogP contribution in [0.2, 0.25) is 12.1 Å². The molecule has 1 N–H and O–H groups in total. The zero-order valence-electron chi connectivity index (χ0n) is 6.71. The third-order valence-corrected chi connectivity index (χ3v) is 2.39. The first-order valence-corrected chi connectivity index (χ1v) is 4.00. The van der Waals surface area contributed by atoms with Gasteiger partial charge >= 0.3 is 0 Å². The Morgan fingerprint density at radius 2 is 2.20 bits per heavy atom. The molecule has 0 saturated carbocycles. The standard InChI is InChI=1S/C7H15BO2/c1-5-4-10-7(9)3-8-6(5)2/h5-9H,3-4H2,1-2H3. The summed E-state index contributed by atoms with van der Waals surface area (Å²) in [6, 6.07) is 0. The van der Waals surface area contributed by atoms with Gasteiger partial charge in [0.2, 0.25) is 0 Å². The second-order valence-corrected chi connectivity index (χ2v) is 3.32. The van der Waals surface area contributed by atoms with E-state index in [1.54, 1.807) is 0 Å². The van der Waals surface area contributed by atoms with Crippen molar-refractivity contribution in [1.29, 1.82) is 0 Å². The Balaban J connectivity index is 2.38. The van der Waals surface area contributed by atoms with Gasteiger partial charge in [0.05, 0.1) is 6.61 Å². The fourth-order valence-corrected chi connectivity index (χ4v) is 1.20. The van der Waals surface area contributed by atoms with E-state index in [0.29, 0.717) is 18.3 Å². The maximum Gasteiger partial charge on any atom is 0.147 e. The lowest BCUT2D eigenvalue weighted by Crippen LogP contribution is -2.11. The highest BCUT2D eigenvalue weighted by atomic mass is 16.6. The molecular formula is C7H15BO2. The highest BCUT2D eigenvalue weighted by Crippen LogP contribution is 2.22. The second-order valence-electron chi connectivity index (χ2n) is 3.32. The van der Waals surface area contributed by atoms with Crippen LogP contribution in [0.4, 0.5) is 0 Å². The fourth-order valence-electron chi connectivity index (χ4n) is 1.20. The van der Waals surface area contributed by atoms with Gasteiger partial charge in [0.15, 0.2) is 0 Å². The molecule has 0 aliphatic carbocycles. The molecule has 3 heteroatoms. The molecule has 0 aromatic rings. The number of hydrogen-bond acceptors (Lipinski definition) is 2. The number of aliphatic hydroxyl groups is 1. The van der Waals surface area contributed by atoms with E-state index < -0.39 is 6.29 Å². The van der Waals surface area contributed by atoms with Crippen LogP contribution in [-0.2, 0) is 4.74 Å². The fraction of sp³-hybridized carbons (Fsp3) is 1.00. The van der Waals surface area contributed by atoms with Crippen molar-refractivity contribution >= 4 is 7.28 Å². The largest absolute Gasteiger partial charge is 0.369 e. The van der Waals surface area contributed by atoms with Gasteiger partial charge < -0.3 is 9.84 Å². The smallest absolute Gasteiger partial charge is 0.147 e. The normalized spacial score (nSPS) is 42.1. The average molecular weight is 142 g/mol. The molecule has 10 heavy (non-hydrogen) atoms. The zero-order chi connectivity index (χ0) is 7.56. The third kappa shape index (κ3) is 1.99. The molecule has 1 heterocycles. The Labute approximate surface area is 62.8 Å². The van der Waals surface area contributed by atoms with Crippen molar-refractivity contribution in [1.82, 2.24) is 0 Å². The van der Waals surface area contributed by atoms with Gasteiger partial charge in [0.1, 0.15) is 13.6 Å². The summed E-state index contributed by atoms with van der Waals surface area (Å²) in [7, 11) is 1.09. The predicted octanol–water partition coefficient (Wildman–Crippen LogP) is 0.634. The minimum Gasteiger partial charge on any atom is -0.369 e. The van der Waals surface area contributed by atoms with Gasteiger partial charge in [-0.1, -0.05) is 19.7 Å². The van der Waals surface area contributed by atoms with Crippen molar-refractivity contribution in [2.75, 3.05) is 6.61 Å². The van der Waals surface area contributed by atoms with Crippen molar-refractivity contribution in [2.24, 2.45) is 5.92 Å². The van der Waals surface area contributed by atoms with Crippen molar-refractivity contribution in [3.05, 3.63) is 0 Å². The Hall–Kier alpha value is -0.0151. The van der Waals surface area contributed by atoms with Gasteiger partial charge in [-0.15, -0.1) is 0 Å². The minimum absolute atomic E-state index is 0.507. The van der Waals surface area contributed by atoms with Gasteiger partial charge in [0.25, 0.3) is 0 Å². The first-order valence-electron chi connectivity index (χ1n) is 4.00. The highest BCUT2D eigenvalue weighted by Gasteiger charge is 2.20. The lowest BCUT2D eigenvalue weighted by Gasteiger charge is -2.13. The highest BCUT2D eigenvalue weighted by molar-refractivity contribution is 6.37. The molecule has 2 nitrogen and oxygen atoms in total. The Bertz CT molecular complexity index is 95.8. The summed E-state index contributed by atoms with van der Waals surface area (Å²) >= 11 is 0. The predicted molar refractivity (Wildman–Crippen MR) is 42.5 cm³/mol. The summed E-state index contributed by atoms with van der Waals surface area (Å²) in [6.07, 6.45) is 0.290. The van der Waals surface area contributed by atoms with Crippen LogP contribution in [0.25, 0.3) is 0 Å². The Morgan fingerprint density at radius 1 is 1.50 bits per heavy atom. The second kappa shape index (κ2) is 3.40. The molecule has 1 rings (SSSR count). The van der Waals surface area contributed by atoms with Crippen LogP contribution in [0.5, 0.6) is 0 Å². The van der Waals surface area contributed by atoms with Crippen LogP contribution < -0.4 is 0 Å². The molecule has 1 fully saturated rings. The molecule has 3 atom stereocenters. The lowest BCUT2D eigenvalue weighted by atomic mass is 9.59. The summed E-state index contributed by atoms with van der Waals surface area (Å²) in [5.74, 6) is 1.29. The first kappa shape index (κ1) is 8.09. The zero-order valence-corrected chi connectivity index (χ0v) is 6.71. The first-order chi connectivity index (χ1) is 4.70. The van der Waals surface area contributed by atoms with Gasteiger partial charge in [-0.2, -0.15) is 0 Å². The molecule has 0 spiro atoms. The monoisotopic (exact) mass is 142 g/mol. The summed E-state index contributed by atoms with van der Waals surface area (Å²) in [6.45, 7) is 5.09. The van der Waals surface area contributed by atoms with Gasteiger partial charge in [-0.3, -0.25) is 0 Å². The van der Waals surface area contributed by atoms with Crippen molar-refractivity contribution < 1.29 is 9.84 Å². The molecular weight excluding hydrogens is 127 g/mol. The molecule has 58 valence electrons. The number of hydrogen-bond donors (Lipinski definition) is 1. The lowest BCUT2D eigenvalue weighted by molar-refractivity contribution is -0.0903. The average Bonchev–Trinajstić information content (AvgIpc) is 2.04. The third-order valence-electron chi connectivity index (χ3n) is 2.39. The van der Waals surface area contributed by atoms with E-state index in [9.17, 15) is 0 Å². The van der Waals surface area contributed by atoms with Crippen LogP contribution in [-0.4, -0.2) is 25.3 Å². The summed E-state index contributed by atoms with van der Waals surface area (Å²) in [5, 5.41) is 9.10. The van der Waals surface area contributed by atoms with Crippen LogP contribution >= 0.6 is 0 Å². The van der Waals surface area contributed by atoms with E-state index in [4.69, 9.17) is 9.84 Å². The van der Waals surface area contributed by atoms with E-state index in [2.05, 4.69) is 13.8 Å². The minimum atomic E-state index is -0.507. The van der Waals surface area contributed by atoms with Crippen molar-refractivity contribution in [3.8, 4) is 0 Å². The van der Waals surface area contributed by atoms with Crippen LogP contribution in [0.15, 0.2) is 0 Å². The Kier molecular flexibility index (Phi) is 2.75. The molecule has 3 unspecified atom stereocenters. The summed E-state index contributed by atoms with van der Waals surface area (Å²) in [4.78, 5) is 0. The van der Waals surface area contributed by atoms with Crippen molar-refractivity contribution in [3.63, 3.8) is 0 Å². The quantitative estimate of drug-likeness (QED) is 0.502. The molecule has 0 amide bonds. The van der Waals surface area contributed by atoms with Gasteiger partial charge in [0, 0.05) is 0 Å². The molecule has 0 radical (unpaired) electrons. The van der Waals surface area contributed by atoms with Crippen molar-refractivity contribution in [2.45, 2.75) is 32.3 Å². The van der Waals surface area contributed by atoms with E-state index in [0.717, 1.165) is 13.6 Å².